The van der Waals surface area contributed by atoms with Gasteiger partial charge in [0.1, 0.15) is 16.3 Å². The largest absolute Gasteiger partial charge is 0.437 e. The highest BCUT2D eigenvalue weighted by Gasteiger charge is 2.26. The molecule has 12 nitrogen and oxygen atoms in total. The van der Waals surface area contributed by atoms with Crippen molar-refractivity contribution in [3.05, 3.63) is 54.3 Å². The van der Waals surface area contributed by atoms with Crippen LogP contribution in [0.1, 0.15) is 36.5 Å². The Bertz CT molecular complexity index is 1380. The molecular weight excluding hydrogens is 474 g/mol. The number of amides is 1. The number of rotatable bonds is 7. The zero-order chi connectivity index (χ0) is 25.2. The van der Waals surface area contributed by atoms with E-state index in [2.05, 4.69) is 30.1 Å². The van der Waals surface area contributed by atoms with Crippen LogP contribution in [0.3, 0.4) is 0 Å². The summed E-state index contributed by atoms with van der Waals surface area (Å²) in [6, 6.07) is 4.68. The molecule has 0 spiro atoms. The zero-order valence-corrected chi connectivity index (χ0v) is 20.5. The van der Waals surface area contributed by atoms with Gasteiger partial charge in [-0.15, -0.1) is 0 Å². The summed E-state index contributed by atoms with van der Waals surface area (Å²) in [6.45, 7) is 4.32. The van der Waals surface area contributed by atoms with Crippen molar-refractivity contribution in [2.45, 2.75) is 30.8 Å². The van der Waals surface area contributed by atoms with E-state index in [9.17, 15) is 13.2 Å². The maximum atomic E-state index is 12.8. The quantitative estimate of drug-likeness (QED) is 0.498. The lowest BCUT2D eigenvalue weighted by Gasteiger charge is -2.30. The topological polar surface area (TPSA) is 150 Å². The molecule has 35 heavy (non-hydrogen) atoms. The molecule has 1 aliphatic rings. The van der Waals surface area contributed by atoms with Gasteiger partial charge in [0.2, 0.25) is 11.8 Å². The van der Waals surface area contributed by atoms with Crippen molar-refractivity contribution in [3.63, 3.8) is 0 Å². The first-order chi connectivity index (χ1) is 16.5. The second-order valence-corrected chi connectivity index (χ2v) is 10.1. The molecule has 0 bridgehead atoms. The summed E-state index contributed by atoms with van der Waals surface area (Å²) in [5.41, 5.74) is 1.17. The van der Waals surface area contributed by atoms with Crippen LogP contribution in [0.25, 0.3) is 5.57 Å². The number of hydrogen-bond donors (Lipinski definition) is 2. The first-order valence-corrected chi connectivity index (χ1v) is 12.1. The number of nitrogens with zero attached hydrogens (tertiary/aromatic N) is 5. The van der Waals surface area contributed by atoms with Gasteiger partial charge in [0.05, 0.1) is 30.3 Å². The van der Waals surface area contributed by atoms with Crippen molar-refractivity contribution in [2.75, 3.05) is 18.4 Å². The van der Waals surface area contributed by atoms with E-state index in [1.807, 2.05) is 19.9 Å². The number of sulfonamides is 1. The van der Waals surface area contributed by atoms with E-state index in [1.54, 1.807) is 19.2 Å². The van der Waals surface area contributed by atoms with Gasteiger partial charge in [-0.3, -0.25) is 9.48 Å². The Morgan fingerprint density at radius 3 is 2.66 bits per heavy atom. The highest BCUT2D eigenvalue weighted by molar-refractivity contribution is 7.92. The van der Waals surface area contributed by atoms with Crippen molar-refractivity contribution in [3.8, 4) is 11.6 Å². The highest BCUT2D eigenvalue weighted by Crippen LogP contribution is 2.33. The molecule has 4 heterocycles. The standard InChI is InChI=1S/C22H25N7O5S/c1-22(2)10-14(7-8-33-22)18-9-19(34-15-5-6-17(24-11-15)20(30)23-3)27-21(26-18)28-35(31,32)16-12-25-29(4)13-16/h5-7,9,11-13H,8,10H2,1-4H3,(H,23,30)(H,26,27,28). The van der Waals surface area contributed by atoms with Crippen LogP contribution in [-0.2, 0) is 21.8 Å². The number of aromatic nitrogens is 5. The number of carbonyl (C=O) groups is 1. The molecule has 4 rings (SSSR count). The Balaban J connectivity index is 1.68. The minimum absolute atomic E-state index is 0.0307. The van der Waals surface area contributed by atoms with Crippen molar-refractivity contribution < 1.29 is 22.7 Å². The maximum absolute atomic E-state index is 12.8. The molecule has 0 fully saturated rings. The fourth-order valence-electron chi connectivity index (χ4n) is 3.37. The number of pyridine rings is 1. The summed E-state index contributed by atoms with van der Waals surface area (Å²) in [6.07, 6.45) is 6.42. The summed E-state index contributed by atoms with van der Waals surface area (Å²) in [5.74, 6) is -0.0910. The summed E-state index contributed by atoms with van der Waals surface area (Å²) < 4.78 is 41.0. The zero-order valence-electron chi connectivity index (χ0n) is 19.6. The Kier molecular flexibility index (Phi) is 6.54. The molecule has 1 aliphatic heterocycles. The molecule has 0 saturated carbocycles. The summed E-state index contributed by atoms with van der Waals surface area (Å²) in [5, 5.41) is 6.40. The summed E-state index contributed by atoms with van der Waals surface area (Å²) in [4.78, 5) is 24.4. The number of nitrogens with one attached hydrogen (secondary N) is 2. The fourth-order valence-corrected chi connectivity index (χ4v) is 4.30. The maximum Gasteiger partial charge on any atom is 0.269 e. The van der Waals surface area contributed by atoms with E-state index >= 15 is 0 Å². The SMILES string of the molecule is CNC(=O)c1ccc(Oc2cc(C3=CCOC(C)(C)C3)nc(NS(=O)(=O)c3cnn(C)c3)n2)cn1. The second-order valence-electron chi connectivity index (χ2n) is 8.41. The van der Waals surface area contributed by atoms with Crippen molar-refractivity contribution in [1.82, 2.24) is 30.0 Å². The van der Waals surface area contributed by atoms with Crippen LogP contribution in [-0.4, -0.2) is 58.3 Å². The third kappa shape index (κ3) is 5.81. The number of hydrogen-bond acceptors (Lipinski definition) is 9. The van der Waals surface area contributed by atoms with E-state index in [4.69, 9.17) is 9.47 Å². The predicted octanol–water partition coefficient (Wildman–Crippen LogP) is 2.14. The van der Waals surface area contributed by atoms with Crippen molar-refractivity contribution in [1.29, 1.82) is 0 Å². The van der Waals surface area contributed by atoms with Crippen LogP contribution in [0.5, 0.6) is 11.6 Å². The van der Waals surface area contributed by atoms with Gasteiger partial charge in [0.25, 0.3) is 15.9 Å². The van der Waals surface area contributed by atoms with Crippen LogP contribution in [0.15, 0.2) is 47.8 Å². The molecule has 0 aromatic carbocycles. The molecule has 0 aliphatic carbocycles. The number of ether oxygens (including phenoxy) is 2. The molecule has 13 heteroatoms. The van der Waals surface area contributed by atoms with Gasteiger partial charge in [-0.2, -0.15) is 10.1 Å². The second kappa shape index (κ2) is 9.43. The Labute approximate surface area is 202 Å². The monoisotopic (exact) mass is 499 g/mol. The van der Waals surface area contributed by atoms with E-state index in [0.717, 1.165) is 5.57 Å². The van der Waals surface area contributed by atoms with E-state index < -0.39 is 15.6 Å². The smallest absolute Gasteiger partial charge is 0.269 e. The summed E-state index contributed by atoms with van der Waals surface area (Å²) >= 11 is 0. The van der Waals surface area contributed by atoms with Crippen molar-refractivity contribution in [2.24, 2.45) is 7.05 Å². The van der Waals surface area contributed by atoms with Gasteiger partial charge < -0.3 is 14.8 Å². The lowest BCUT2D eigenvalue weighted by atomic mass is 9.94. The Morgan fingerprint density at radius 2 is 2.03 bits per heavy atom. The first-order valence-electron chi connectivity index (χ1n) is 10.6. The molecule has 2 N–H and O–H groups in total. The summed E-state index contributed by atoms with van der Waals surface area (Å²) in [7, 11) is -0.858. The lowest BCUT2D eigenvalue weighted by molar-refractivity contribution is -0.00307. The van der Waals surface area contributed by atoms with E-state index in [-0.39, 0.29) is 28.3 Å². The van der Waals surface area contributed by atoms with Gasteiger partial charge in [-0.25, -0.2) is 23.1 Å². The highest BCUT2D eigenvalue weighted by atomic mass is 32.2. The molecule has 0 radical (unpaired) electrons. The predicted molar refractivity (Wildman–Crippen MR) is 126 cm³/mol. The number of carbonyl (C=O) groups excluding carboxylic acids is 1. The van der Waals surface area contributed by atoms with Gasteiger partial charge >= 0.3 is 0 Å². The minimum atomic E-state index is -3.99. The molecule has 0 unspecified atom stereocenters. The van der Waals surface area contributed by atoms with Crippen LogP contribution < -0.4 is 14.8 Å². The first kappa shape index (κ1) is 24.3. The molecular formula is C22H25N7O5S. The van der Waals surface area contributed by atoms with Gasteiger partial charge in [-0.05, 0) is 31.6 Å². The third-order valence-corrected chi connectivity index (χ3v) is 6.37. The molecule has 1 amide bonds. The number of anilines is 1. The molecule has 0 atom stereocenters. The molecule has 0 saturated heterocycles. The van der Waals surface area contributed by atoms with Gasteiger partial charge in [0, 0.05) is 32.8 Å². The van der Waals surface area contributed by atoms with Gasteiger partial charge in [-0.1, -0.05) is 6.08 Å². The van der Waals surface area contributed by atoms with Gasteiger partial charge in [0.15, 0.2) is 0 Å². The lowest BCUT2D eigenvalue weighted by Crippen LogP contribution is -2.28. The average Bonchev–Trinajstić information content (AvgIpc) is 3.25. The molecule has 184 valence electrons. The number of aryl methyl sites for hydroxylation is 1. The third-order valence-electron chi connectivity index (χ3n) is 5.09. The molecule has 3 aromatic rings. The average molecular weight is 500 g/mol. The van der Waals surface area contributed by atoms with Crippen molar-refractivity contribution >= 4 is 27.5 Å². The fraction of sp³-hybridized carbons (Fsp3) is 0.318. The van der Waals surface area contributed by atoms with E-state index in [0.29, 0.717) is 24.5 Å². The molecule has 3 aromatic heterocycles. The Hall–Kier alpha value is -3.84. The Morgan fingerprint density at radius 1 is 1.23 bits per heavy atom. The normalized spacial score (nSPS) is 15.3. The van der Waals surface area contributed by atoms with Crippen LogP contribution in [0.4, 0.5) is 5.95 Å². The van der Waals surface area contributed by atoms with Crippen LogP contribution in [0, 0.1) is 0 Å². The van der Waals surface area contributed by atoms with E-state index in [1.165, 1.54) is 36.4 Å². The van der Waals surface area contributed by atoms with Crippen LogP contribution in [0.2, 0.25) is 0 Å². The minimum Gasteiger partial charge on any atom is -0.437 e. The van der Waals surface area contributed by atoms with Crippen LogP contribution >= 0.6 is 0 Å².